The quantitative estimate of drug-likeness (QED) is 0.592. The molecule has 0 unspecified atom stereocenters. The van der Waals surface area contributed by atoms with E-state index in [2.05, 4.69) is 14.8 Å². The second-order valence-corrected chi connectivity index (χ2v) is 10.5. The van der Waals surface area contributed by atoms with Crippen molar-refractivity contribution < 1.29 is 16.8 Å². The first-order valence-electron chi connectivity index (χ1n) is 9.41. The van der Waals surface area contributed by atoms with Crippen LogP contribution < -0.4 is 4.72 Å². The molecule has 0 atom stereocenters. The lowest BCUT2D eigenvalue weighted by Crippen LogP contribution is -2.27. The highest BCUT2D eigenvalue weighted by atomic mass is 32.2. The fourth-order valence-corrected chi connectivity index (χ4v) is 5.74. The van der Waals surface area contributed by atoms with Crippen LogP contribution in [0.1, 0.15) is 18.5 Å². The van der Waals surface area contributed by atoms with Crippen LogP contribution in [0.4, 0.5) is 5.82 Å². The van der Waals surface area contributed by atoms with Crippen LogP contribution in [-0.4, -0.2) is 49.0 Å². The molecule has 4 rings (SSSR count). The number of benzene rings is 1. The molecule has 0 aliphatic carbocycles. The van der Waals surface area contributed by atoms with Gasteiger partial charge in [0.1, 0.15) is 0 Å². The van der Waals surface area contributed by atoms with E-state index in [0.29, 0.717) is 19.6 Å². The maximum Gasteiger partial charge on any atom is 0.263 e. The summed E-state index contributed by atoms with van der Waals surface area (Å²) in [5.41, 5.74) is 0.796. The Labute approximate surface area is 175 Å². The number of aromatic nitrogens is 3. The zero-order chi connectivity index (χ0) is 21.2. The van der Waals surface area contributed by atoms with E-state index in [1.54, 1.807) is 23.1 Å². The molecule has 0 spiro atoms. The molecule has 3 heterocycles. The minimum absolute atomic E-state index is 0.0397. The summed E-state index contributed by atoms with van der Waals surface area (Å²) in [4.78, 5) is 4.26. The Bertz CT molecular complexity index is 1220. The minimum atomic E-state index is -3.90. The normalized spacial score (nSPS) is 15.3. The van der Waals surface area contributed by atoms with Crippen molar-refractivity contribution >= 4 is 25.9 Å². The Morgan fingerprint density at radius 3 is 2.27 bits per heavy atom. The van der Waals surface area contributed by atoms with E-state index in [-0.39, 0.29) is 15.6 Å². The Hall–Kier alpha value is -2.76. The largest absolute Gasteiger partial charge is 0.265 e. The highest BCUT2D eigenvalue weighted by Gasteiger charge is 2.27. The van der Waals surface area contributed by atoms with E-state index in [0.717, 1.165) is 18.5 Å². The van der Waals surface area contributed by atoms with Crippen LogP contribution in [0, 0.1) is 0 Å². The van der Waals surface area contributed by atoms with Gasteiger partial charge in [0.05, 0.1) is 22.0 Å². The number of nitrogens with one attached hydrogen (secondary N) is 1. The Morgan fingerprint density at radius 2 is 1.60 bits per heavy atom. The molecule has 30 heavy (non-hydrogen) atoms. The summed E-state index contributed by atoms with van der Waals surface area (Å²) >= 11 is 0. The molecule has 1 saturated heterocycles. The van der Waals surface area contributed by atoms with Crippen molar-refractivity contribution in [1.82, 2.24) is 19.1 Å². The number of hydrogen-bond donors (Lipinski definition) is 1. The summed E-state index contributed by atoms with van der Waals surface area (Å²) in [6, 6.07) is 12.3. The van der Waals surface area contributed by atoms with Crippen LogP contribution in [0.25, 0.3) is 0 Å². The molecule has 1 aromatic carbocycles. The number of rotatable bonds is 7. The van der Waals surface area contributed by atoms with Crippen LogP contribution in [0.3, 0.4) is 0 Å². The van der Waals surface area contributed by atoms with Gasteiger partial charge in [0.15, 0.2) is 5.82 Å². The molecule has 0 amide bonds. The first-order chi connectivity index (χ1) is 14.3. The third-order valence-corrected chi connectivity index (χ3v) is 8.05. The molecule has 1 aliphatic rings. The molecule has 0 saturated carbocycles. The predicted molar refractivity (Wildman–Crippen MR) is 111 cm³/mol. The van der Waals surface area contributed by atoms with Gasteiger partial charge in [0, 0.05) is 31.5 Å². The van der Waals surface area contributed by atoms with Crippen LogP contribution in [-0.2, 0) is 26.6 Å². The topological polar surface area (TPSA) is 114 Å². The number of nitrogens with zero attached hydrogens (tertiary/aromatic N) is 4. The number of pyridine rings is 1. The molecule has 0 radical (unpaired) electrons. The Kier molecular flexibility index (Phi) is 5.58. The van der Waals surface area contributed by atoms with Gasteiger partial charge in [-0.05, 0) is 49.2 Å². The molecule has 1 fully saturated rings. The van der Waals surface area contributed by atoms with Crippen LogP contribution in [0.2, 0.25) is 0 Å². The summed E-state index contributed by atoms with van der Waals surface area (Å²) in [7, 11) is -7.49. The van der Waals surface area contributed by atoms with Crippen molar-refractivity contribution in [2.75, 3.05) is 17.8 Å². The van der Waals surface area contributed by atoms with Crippen molar-refractivity contribution in [1.29, 1.82) is 0 Å². The standard InChI is InChI=1S/C19H21N5O4S2/c25-29(26,22-19-10-14-23(21-19)15-16-5-1-2-11-20-16)17-6-8-18(9-7-17)30(27,28)24-12-3-4-13-24/h1-2,5-11,14H,3-4,12-13,15H2,(H,21,22). The summed E-state index contributed by atoms with van der Waals surface area (Å²) in [5, 5.41) is 4.21. The van der Waals surface area contributed by atoms with E-state index in [1.165, 1.54) is 28.6 Å². The minimum Gasteiger partial charge on any atom is -0.265 e. The van der Waals surface area contributed by atoms with Gasteiger partial charge in [0.2, 0.25) is 10.0 Å². The molecule has 0 bridgehead atoms. The van der Waals surface area contributed by atoms with Gasteiger partial charge in [-0.2, -0.15) is 9.40 Å². The zero-order valence-corrected chi connectivity index (χ0v) is 17.7. The van der Waals surface area contributed by atoms with Gasteiger partial charge in [-0.25, -0.2) is 16.8 Å². The van der Waals surface area contributed by atoms with E-state index >= 15 is 0 Å². The van der Waals surface area contributed by atoms with Crippen molar-refractivity contribution in [3.8, 4) is 0 Å². The van der Waals surface area contributed by atoms with E-state index in [9.17, 15) is 16.8 Å². The molecule has 1 aliphatic heterocycles. The average Bonchev–Trinajstić information content (AvgIpc) is 3.41. The summed E-state index contributed by atoms with van der Waals surface area (Å²) in [6.45, 7) is 1.39. The van der Waals surface area contributed by atoms with E-state index in [1.807, 2.05) is 18.2 Å². The Morgan fingerprint density at radius 1 is 0.900 bits per heavy atom. The highest BCUT2D eigenvalue weighted by Crippen LogP contribution is 2.23. The fraction of sp³-hybridized carbons (Fsp3) is 0.263. The fourth-order valence-electron chi connectivity index (χ4n) is 3.23. The van der Waals surface area contributed by atoms with Crippen molar-refractivity contribution in [2.24, 2.45) is 0 Å². The highest BCUT2D eigenvalue weighted by molar-refractivity contribution is 7.92. The predicted octanol–water partition coefficient (Wildman–Crippen LogP) is 1.91. The summed E-state index contributed by atoms with van der Waals surface area (Å²) in [6.07, 6.45) is 5.00. The number of anilines is 1. The van der Waals surface area contributed by atoms with Crippen LogP contribution in [0.5, 0.6) is 0 Å². The molecular weight excluding hydrogens is 426 g/mol. The van der Waals surface area contributed by atoms with E-state index < -0.39 is 20.0 Å². The van der Waals surface area contributed by atoms with Gasteiger partial charge in [-0.15, -0.1) is 0 Å². The summed E-state index contributed by atoms with van der Waals surface area (Å²) < 4.78 is 55.9. The first-order valence-corrected chi connectivity index (χ1v) is 12.3. The van der Waals surface area contributed by atoms with Gasteiger partial charge in [-0.1, -0.05) is 6.07 Å². The number of sulfonamides is 2. The van der Waals surface area contributed by atoms with Crippen molar-refractivity contribution in [3.05, 3.63) is 66.6 Å². The number of hydrogen-bond acceptors (Lipinski definition) is 6. The zero-order valence-electron chi connectivity index (χ0n) is 16.0. The molecule has 11 heteroatoms. The SMILES string of the molecule is O=S(=O)(Nc1ccn(Cc2ccccn2)n1)c1ccc(S(=O)(=O)N2CCCC2)cc1. The second-order valence-electron chi connectivity index (χ2n) is 6.91. The van der Waals surface area contributed by atoms with Crippen LogP contribution >= 0.6 is 0 Å². The maximum atomic E-state index is 12.7. The molecule has 3 aromatic rings. The third kappa shape index (κ3) is 4.37. The molecule has 2 aromatic heterocycles. The maximum absolute atomic E-state index is 12.7. The van der Waals surface area contributed by atoms with Gasteiger partial charge < -0.3 is 0 Å². The van der Waals surface area contributed by atoms with Crippen molar-refractivity contribution in [3.63, 3.8) is 0 Å². The average molecular weight is 448 g/mol. The lowest BCUT2D eigenvalue weighted by Gasteiger charge is -2.15. The van der Waals surface area contributed by atoms with Gasteiger partial charge in [-0.3, -0.25) is 14.4 Å². The lowest BCUT2D eigenvalue weighted by atomic mass is 10.3. The van der Waals surface area contributed by atoms with Gasteiger partial charge in [0.25, 0.3) is 10.0 Å². The lowest BCUT2D eigenvalue weighted by molar-refractivity contribution is 0.477. The Balaban J connectivity index is 1.47. The monoisotopic (exact) mass is 447 g/mol. The molecular formula is C19H21N5O4S2. The second kappa shape index (κ2) is 8.17. The van der Waals surface area contributed by atoms with Crippen LogP contribution in [0.15, 0.2) is 70.7 Å². The third-order valence-electron chi connectivity index (χ3n) is 4.77. The van der Waals surface area contributed by atoms with Gasteiger partial charge >= 0.3 is 0 Å². The molecule has 1 N–H and O–H groups in total. The van der Waals surface area contributed by atoms with Crippen molar-refractivity contribution in [2.45, 2.75) is 29.2 Å². The summed E-state index contributed by atoms with van der Waals surface area (Å²) in [5.74, 6) is 0.166. The molecule has 158 valence electrons. The first kappa shape index (κ1) is 20.5. The molecule has 9 nitrogen and oxygen atoms in total. The van der Waals surface area contributed by atoms with E-state index in [4.69, 9.17) is 0 Å². The smallest absolute Gasteiger partial charge is 0.263 e.